The van der Waals surface area contributed by atoms with Crippen LogP contribution in [0.25, 0.3) is 0 Å². The van der Waals surface area contributed by atoms with Gasteiger partial charge in [-0.05, 0) is 48.2 Å². The highest BCUT2D eigenvalue weighted by Gasteiger charge is 2.35. The molecule has 0 fully saturated rings. The first-order chi connectivity index (χ1) is 14.9. The van der Waals surface area contributed by atoms with Crippen molar-refractivity contribution in [1.29, 1.82) is 0 Å². The number of methoxy groups -OCH3 is 2. The largest absolute Gasteiger partial charge is 0.497 e. The van der Waals surface area contributed by atoms with E-state index in [0.29, 0.717) is 35.9 Å². The second-order valence-corrected chi connectivity index (χ2v) is 8.34. The number of benzene rings is 2. The average molecular weight is 418 g/mol. The van der Waals surface area contributed by atoms with Gasteiger partial charge in [-0.3, -0.25) is 4.79 Å². The lowest BCUT2D eigenvalue weighted by atomic mass is 9.75. The molecule has 0 aliphatic heterocycles. The van der Waals surface area contributed by atoms with Gasteiger partial charge in [0, 0.05) is 12.1 Å². The van der Waals surface area contributed by atoms with E-state index in [1.807, 2.05) is 48.5 Å². The minimum absolute atomic E-state index is 0.0413. The van der Waals surface area contributed by atoms with Crippen molar-refractivity contribution in [2.24, 2.45) is 5.41 Å². The van der Waals surface area contributed by atoms with Gasteiger partial charge in [-0.2, -0.15) is 4.98 Å². The van der Waals surface area contributed by atoms with Gasteiger partial charge >= 0.3 is 0 Å². The number of rotatable bonds is 6. The summed E-state index contributed by atoms with van der Waals surface area (Å²) in [5.74, 6) is 2.38. The summed E-state index contributed by atoms with van der Waals surface area (Å²) in [5.41, 5.74) is 2.69. The summed E-state index contributed by atoms with van der Waals surface area (Å²) in [5, 5.41) is 6.54. The minimum atomic E-state index is -0.155. The molecule has 1 aliphatic carbocycles. The third-order valence-electron chi connectivity index (χ3n) is 5.25. The molecule has 7 nitrogen and oxygen atoms in total. The number of para-hydroxylation sites is 2. The van der Waals surface area contributed by atoms with Gasteiger partial charge < -0.3 is 20.1 Å². The van der Waals surface area contributed by atoms with Crippen molar-refractivity contribution in [3.63, 3.8) is 0 Å². The number of hydrogen-bond acceptors (Lipinski definition) is 7. The fourth-order valence-electron chi connectivity index (χ4n) is 3.79. The molecule has 0 saturated carbocycles. The number of aromatic nitrogens is 2. The first kappa shape index (κ1) is 20.7. The van der Waals surface area contributed by atoms with E-state index >= 15 is 0 Å². The molecule has 1 aromatic heterocycles. The van der Waals surface area contributed by atoms with E-state index in [1.54, 1.807) is 14.2 Å². The molecule has 2 N–H and O–H groups in total. The monoisotopic (exact) mass is 418 g/mol. The number of nitrogens with zero attached hydrogens (tertiary/aromatic N) is 2. The number of ketones is 1. The molecule has 2 aromatic carbocycles. The molecule has 0 amide bonds. The Kier molecular flexibility index (Phi) is 5.50. The Morgan fingerprint density at radius 3 is 2.35 bits per heavy atom. The van der Waals surface area contributed by atoms with E-state index in [4.69, 9.17) is 14.5 Å². The van der Waals surface area contributed by atoms with Crippen LogP contribution in [-0.4, -0.2) is 30.0 Å². The highest BCUT2D eigenvalue weighted by atomic mass is 16.5. The Balaban J connectivity index is 1.76. The lowest BCUT2D eigenvalue weighted by Gasteiger charge is -2.30. The standard InChI is InChI=1S/C24H26N4O3/c1-24(2)13-18-21(19(29)14-24)22(26-17-7-5-6-8-20(17)31-4)28-23(27-18)25-15-9-11-16(30-3)12-10-15/h5-12H,13-14H2,1-4H3,(H2,25,26,27,28). The molecule has 0 radical (unpaired) electrons. The first-order valence-electron chi connectivity index (χ1n) is 10.1. The van der Waals surface area contributed by atoms with Crippen LogP contribution in [0, 0.1) is 5.41 Å². The fourth-order valence-corrected chi connectivity index (χ4v) is 3.79. The Bertz CT molecular complexity index is 1110. The van der Waals surface area contributed by atoms with Gasteiger partial charge in [0.05, 0.1) is 31.2 Å². The molecule has 160 valence electrons. The third kappa shape index (κ3) is 4.45. The van der Waals surface area contributed by atoms with Crippen molar-refractivity contribution in [3.8, 4) is 11.5 Å². The van der Waals surface area contributed by atoms with Gasteiger partial charge in [-0.25, -0.2) is 4.98 Å². The van der Waals surface area contributed by atoms with Crippen molar-refractivity contribution in [1.82, 2.24) is 9.97 Å². The molecule has 0 bridgehead atoms. The second kappa shape index (κ2) is 8.26. The predicted molar refractivity (Wildman–Crippen MR) is 121 cm³/mol. The second-order valence-electron chi connectivity index (χ2n) is 8.34. The van der Waals surface area contributed by atoms with Gasteiger partial charge in [-0.15, -0.1) is 0 Å². The van der Waals surface area contributed by atoms with Crippen LogP contribution in [0.2, 0.25) is 0 Å². The van der Waals surface area contributed by atoms with Crippen molar-refractivity contribution in [2.75, 3.05) is 24.9 Å². The smallest absolute Gasteiger partial charge is 0.229 e. The summed E-state index contributed by atoms with van der Waals surface area (Å²) >= 11 is 0. The van der Waals surface area contributed by atoms with Gasteiger partial charge in [0.15, 0.2) is 5.78 Å². The van der Waals surface area contributed by atoms with Gasteiger partial charge in [0.25, 0.3) is 0 Å². The number of ether oxygens (including phenoxy) is 2. The van der Waals surface area contributed by atoms with Crippen LogP contribution in [0.5, 0.6) is 11.5 Å². The Morgan fingerprint density at radius 2 is 1.65 bits per heavy atom. The molecule has 3 aromatic rings. The van der Waals surface area contributed by atoms with Crippen LogP contribution in [0.3, 0.4) is 0 Å². The molecule has 0 spiro atoms. The minimum Gasteiger partial charge on any atom is -0.497 e. The van der Waals surface area contributed by atoms with E-state index in [9.17, 15) is 4.79 Å². The summed E-state index contributed by atoms with van der Waals surface area (Å²) in [7, 11) is 3.24. The quantitative estimate of drug-likeness (QED) is 0.573. The normalized spacial score (nSPS) is 14.5. The molecule has 31 heavy (non-hydrogen) atoms. The number of Topliss-reactive ketones (excluding diaryl/α,β-unsaturated/α-hetero) is 1. The zero-order valence-electron chi connectivity index (χ0n) is 18.2. The average Bonchev–Trinajstić information content (AvgIpc) is 2.73. The maximum absolute atomic E-state index is 13.0. The Labute approximate surface area is 181 Å². The van der Waals surface area contributed by atoms with Crippen LogP contribution in [0.1, 0.15) is 36.3 Å². The van der Waals surface area contributed by atoms with Crippen molar-refractivity contribution >= 4 is 28.9 Å². The molecular weight excluding hydrogens is 392 g/mol. The van der Waals surface area contributed by atoms with E-state index in [0.717, 1.165) is 22.8 Å². The first-order valence-corrected chi connectivity index (χ1v) is 10.1. The number of carbonyl (C=O) groups excluding carboxylic acids is 1. The molecule has 1 heterocycles. The van der Waals surface area contributed by atoms with Crippen LogP contribution in [-0.2, 0) is 6.42 Å². The molecule has 0 atom stereocenters. The number of fused-ring (bicyclic) bond motifs is 1. The maximum Gasteiger partial charge on any atom is 0.229 e. The molecule has 4 rings (SSSR count). The summed E-state index contributed by atoms with van der Waals surface area (Å²) in [6.07, 6.45) is 1.14. The zero-order chi connectivity index (χ0) is 22.0. The van der Waals surface area contributed by atoms with Crippen molar-refractivity contribution in [3.05, 3.63) is 59.8 Å². The van der Waals surface area contributed by atoms with Crippen LogP contribution < -0.4 is 20.1 Å². The van der Waals surface area contributed by atoms with E-state index < -0.39 is 0 Å². The van der Waals surface area contributed by atoms with Crippen LogP contribution in [0.4, 0.5) is 23.1 Å². The number of anilines is 4. The van der Waals surface area contributed by atoms with E-state index in [2.05, 4.69) is 29.5 Å². The third-order valence-corrected chi connectivity index (χ3v) is 5.25. The van der Waals surface area contributed by atoms with Gasteiger partial charge in [0.2, 0.25) is 5.95 Å². The summed E-state index contributed by atoms with van der Waals surface area (Å²) in [6, 6.07) is 15.1. The van der Waals surface area contributed by atoms with E-state index in [1.165, 1.54) is 0 Å². The van der Waals surface area contributed by atoms with Crippen LogP contribution >= 0.6 is 0 Å². The van der Waals surface area contributed by atoms with Gasteiger partial charge in [-0.1, -0.05) is 26.0 Å². The SMILES string of the molecule is COc1ccc(Nc2nc3c(c(Nc4ccccc4OC)n2)C(=O)CC(C)(C)C3)cc1. The summed E-state index contributed by atoms with van der Waals surface area (Å²) < 4.78 is 10.7. The topological polar surface area (TPSA) is 85.4 Å². The molecule has 1 aliphatic rings. The number of carbonyl (C=O) groups is 1. The van der Waals surface area contributed by atoms with Crippen LogP contribution in [0.15, 0.2) is 48.5 Å². The number of hydrogen-bond donors (Lipinski definition) is 2. The highest BCUT2D eigenvalue weighted by molar-refractivity contribution is 6.03. The highest BCUT2D eigenvalue weighted by Crippen LogP contribution is 2.38. The molecular formula is C24H26N4O3. The maximum atomic E-state index is 13.0. The summed E-state index contributed by atoms with van der Waals surface area (Å²) in [4.78, 5) is 22.4. The molecule has 0 unspecified atom stereocenters. The summed E-state index contributed by atoms with van der Waals surface area (Å²) in [6.45, 7) is 4.17. The zero-order valence-corrected chi connectivity index (χ0v) is 18.2. The number of nitrogens with one attached hydrogen (secondary N) is 2. The predicted octanol–water partition coefficient (Wildman–Crippen LogP) is 5.14. The molecule has 7 heteroatoms. The van der Waals surface area contributed by atoms with E-state index in [-0.39, 0.29) is 11.2 Å². The Morgan fingerprint density at radius 1 is 0.903 bits per heavy atom. The fraction of sp³-hybridized carbons (Fsp3) is 0.292. The Hall–Kier alpha value is -3.61. The lowest BCUT2D eigenvalue weighted by Crippen LogP contribution is -2.29. The van der Waals surface area contributed by atoms with Crippen molar-refractivity contribution in [2.45, 2.75) is 26.7 Å². The molecule has 0 saturated heterocycles. The van der Waals surface area contributed by atoms with Crippen molar-refractivity contribution < 1.29 is 14.3 Å². The lowest BCUT2D eigenvalue weighted by molar-refractivity contribution is 0.0911. The van der Waals surface area contributed by atoms with Gasteiger partial charge in [0.1, 0.15) is 17.3 Å².